The highest BCUT2D eigenvalue weighted by molar-refractivity contribution is 5.75. The molecule has 1 atom stereocenters. The Hall–Kier alpha value is -3.39. The van der Waals surface area contributed by atoms with E-state index < -0.39 is 11.4 Å². The van der Waals surface area contributed by atoms with Gasteiger partial charge in [0.15, 0.2) is 11.6 Å². The van der Waals surface area contributed by atoms with E-state index in [9.17, 15) is 9.18 Å². The number of carbonyl (C=O) groups is 1. The lowest BCUT2D eigenvalue weighted by Crippen LogP contribution is -2.50. The molecule has 4 rings (SSSR count). The van der Waals surface area contributed by atoms with Crippen LogP contribution in [0.15, 0.2) is 54.6 Å². The van der Waals surface area contributed by atoms with Crippen LogP contribution >= 0.6 is 0 Å². The molecule has 1 aliphatic rings. The summed E-state index contributed by atoms with van der Waals surface area (Å²) in [4.78, 5) is 15.2. The molecule has 0 saturated carbocycles. The van der Waals surface area contributed by atoms with Crippen LogP contribution in [0.4, 0.5) is 9.18 Å². The SMILES string of the molecule is CC(C)c1nn(-c2ccccc2)c(Oc2ccccc2F)c1CN(C[C@H]1CCCO1)C(=O)NC(C)(C)C. The van der Waals surface area contributed by atoms with Crippen LogP contribution in [0.1, 0.15) is 64.6 Å². The monoisotopic (exact) mass is 508 g/mol. The quantitative estimate of drug-likeness (QED) is 0.381. The Morgan fingerprint density at radius 3 is 2.51 bits per heavy atom. The number of benzene rings is 2. The molecule has 0 aliphatic carbocycles. The highest BCUT2D eigenvalue weighted by Crippen LogP contribution is 2.36. The predicted molar refractivity (Wildman–Crippen MR) is 142 cm³/mol. The topological polar surface area (TPSA) is 68.6 Å². The van der Waals surface area contributed by atoms with Crippen LogP contribution in [-0.2, 0) is 11.3 Å². The zero-order valence-corrected chi connectivity index (χ0v) is 22.3. The third-order valence-electron chi connectivity index (χ3n) is 6.12. The van der Waals surface area contributed by atoms with Crippen LogP contribution in [-0.4, -0.2) is 45.5 Å². The summed E-state index contributed by atoms with van der Waals surface area (Å²) < 4.78 is 28.5. The molecular formula is C29H37FN4O3. The van der Waals surface area contributed by atoms with Crippen LogP contribution in [0.2, 0.25) is 0 Å². The first-order valence-corrected chi connectivity index (χ1v) is 12.9. The van der Waals surface area contributed by atoms with Gasteiger partial charge in [-0.25, -0.2) is 13.9 Å². The molecule has 2 aromatic carbocycles. The molecule has 37 heavy (non-hydrogen) atoms. The summed E-state index contributed by atoms with van der Waals surface area (Å²) in [6.45, 7) is 11.3. The summed E-state index contributed by atoms with van der Waals surface area (Å²) in [6, 6.07) is 15.7. The molecule has 1 aromatic heterocycles. The summed E-state index contributed by atoms with van der Waals surface area (Å²) >= 11 is 0. The Morgan fingerprint density at radius 2 is 1.89 bits per heavy atom. The Bertz CT molecular complexity index is 1200. The molecule has 198 valence electrons. The van der Waals surface area contributed by atoms with E-state index in [0.29, 0.717) is 19.0 Å². The Morgan fingerprint density at radius 1 is 1.19 bits per heavy atom. The number of hydrogen-bond acceptors (Lipinski definition) is 4. The van der Waals surface area contributed by atoms with Gasteiger partial charge in [0.25, 0.3) is 0 Å². The molecule has 1 aliphatic heterocycles. The van der Waals surface area contributed by atoms with Crippen molar-refractivity contribution in [2.75, 3.05) is 13.2 Å². The predicted octanol–water partition coefficient (Wildman–Crippen LogP) is 6.42. The minimum Gasteiger partial charge on any atom is -0.435 e. The zero-order valence-electron chi connectivity index (χ0n) is 22.3. The number of hydrogen-bond donors (Lipinski definition) is 1. The van der Waals surface area contributed by atoms with Gasteiger partial charge in [-0.1, -0.05) is 44.2 Å². The van der Waals surface area contributed by atoms with Gasteiger partial charge < -0.3 is 19.7 Å². The third-order valence-corrected chi connectivity index (χ3v) is 6.12. The molecule has 2 heterocycles. The van der Waals surface area contributed by atoms with Crippen LogP contribution in [0, 0.1) is 5.82 Å². The lowest BCUT2D eigenvalue weighted by molar-refractivity contribution is 0.0779. The number of aromatic nitrogens is 2. The normalized spacial score (nSPS) is 15.7. The highest BCUT2D eigenvalue weighted by Gasteiger charge is 2.30. The molecule has 2 amide bonds. The van der Waals surface area contributed by atoms with Crippen LogP contribution < -0.4 is 10.1 Å². The second-order valence-corrected chi connectivity index (χ2v) is 10.8. The third kappa shape index (κ3) is 6.68. The number of carbonyl (C=O) groups excluding carboxylic acids is 1. The first kappa shape index (κ1) is 26.7. The number of urea groups is 1. The molecule has 0 spiro atoms. The Balaban J connectivity index is 1.80. The average Bonchev–Trinajstić information content (AvgIpc) is 3.48. The zero-order chi connectivity index (χ0) is 26.6. The van der Waals surface area contributed by atoms with Crippen molar-refractivity contribution in [3.05, 3.63) is 71.7 Å². The smallest absolute Gasteiger partial charge is 0.318 e. The summed E-state index contributed by atoms with van der Waals surface area (Å²) in [5.74, 6) is 0.0575. The maximum Gasteiger partial charge on any atom is 0.318 e. The van der Waals surface area contributed by atoms with E-state index in [1.54, 1.807) is 27.8 Å². The van der Waals surface area contributed by atoms with Crippen LogP contribution in [0.25, 0.3) is 5.69 Å². The number of rotatable bonds is 8. The highest BCUT2D eigenvalue weighted by atomic mass is 19.1. The van der Waals surface area contributed by atoms with Gasteiger partial charge in [-0.2, -0.15) is 5.10 Å². The Kier molecular flexibility index (Phi) is 8.17. The fourth-order valence-electron chi connectivity index (χ4n) is 4.39. The molecule has 8 heteroatoms. The summed E-state index contributed by atoms with van der Waals surface area (Å²) in [6.07, 6.45) is 1.84. The molecule has 7 nitrogen and oxygen atoms in total. The summed E-state index contributed by atoms with van der Waals surface area (Å²) in [7, 11) is 0. The van der Waals surface area contributed by atoms with Gasteiger partial charge in [0.1, 0.15) is 0 Å². The second-order valence-electron chi connectivity index (χ2n) is 10.8. The first-order chi connectivity index (χ1) is 17.6. The van der Waals surface area contributed by atoms with Crippen molar-refractivity contribution >= 4 is 6.03 Å². The van der Waals surface area contributed by atoms with Gasteiger partial charge in [0.2, 0.25) is 5.88 Å². The van der Waals surface area contributed by atoms with Crippen molar-refractivity contribution in [1.29, 1.82) is 0 Å². The van der Waals surface area contributed by atoms with Crippen molar-refractivity contribution in [3.8, 4) is 17.3 Å². The van der Waals surface area contributed by atoms with Gasteiger partial charge >= 0.3 is 6.03 Å². The van der Waals surface area contributed by atoms with Crippen molar-refractivity contribution in [2.24, 2.45) is 0 Å². The molecule has 1 N–H and O–H groups in total. The molecule has 0 radical (unpaired) electrons. The van der Waals surface area contributed by atoms with Gasteiger partial charge in [0, 0.05) is 18.7 Å². The van der Waals surface area contributed by atoms with Crippen molar-refractivity contribution in [2.45, 2.75) is 71.6 Å². The van der Waals surface area contributed by atoms with Crippen molar-refractivity contribution in [1.82, 2.24) is 20.0 Å². The largest absolute Gasteiger partial charge is 0.435 e. The number of nitrogens with one attached hydrogen (secondary N) is 1. The number of nitrogens with zero attached hydrogens (tertiary/aromatic N) is 3. The van der Waals surface area contributed by atoms with Crippen molar-refractivity contribution in [3.63, 3.8) is 0 Å². The standard InChI is InChI=1S/C29H37FN4O3/c1-20(2)26-23(19-33(18-22-14-11-17-36-22)28(35)31-29(3,4)5)27(37-25-16-10-9-15-24(25)30)34(32-26)21-12-7-6-8-13-21/h6-10,12-13,15-16,20,22H,11,14,17-19H2,1-5H3,(H,31,35)/t22-/m1/s1. The number of para-hydroxylation sites is 2. The lowest BCUT2D eigenvalue weighted by atomic mass is 10.0. The minimum atomic E-state index is -0.470. The fourth-order valence-corrected chi connectivity index (χ4v) is 4.39. The number of ether oxygens (including phenoxy) is 2. The minimum absolute atomic E-state index is 0.0340. The lowest BCUT2D eigenvalue weighted by Gasteiger charge is -2.30. The molecule has 1 fully saturated rings. The molecular weight excluding hydrogens is 471 g/mol. The van der Waals surface area contributed by atoms with Crippen molar-refractivity contribution < 1.29 is 18.7 Å². The van der Waals surface area contributed by atoms with E-state index in [0.717, 1.165) is 29.8 Å². The molecule has 1 saturated heterocycles. The maximum absolute atomic E-state index is 14.7. The Labute approximate surface area is 218 Å². The summed E-state index contributed by atoms with van der Waals surface area (Å²) in [5.41, 5.74) is 1.90. The number of amides is 2. The number of halogens is 1. The van der Waals surface area contributed by atoms with Crippen LogP contribution in [0.5, 0.6) is 11.6 Å². The van der Waals surface area contributed by atoms with Crippen LogP contribution in [0.3, 0.4) is 0 Å². The molecule has 0 bridgehead atoms. The van der Waals surface area contributed by atoms with E-state index in [-0.39, 0.29) is 30.3 Å². The summed E-state index contributed by atoms with van der Waals surface area (Å²) in [5, 5.41) is 7.99. The van der Waals surface area contributed by atoms with E-state index in [4.69, 9.17) is 14.6 Å². The van der Waals surface area contributed by atoms with E-state index in [1.807, 2.05) is 65.0 Å². The van der Waals surface area contributed by atoms with E-state index >= 15 is 0 Å². The fraction of sp³-hybridized carbons (Fsp3) is 0.448. The maximum atomic E-state index is 14.7. The molecule has 3 aromatic rings. The van der Waals surface area contributed by atoms with Gasteiger partial charge in [0.05, 0.1) is 29.6 Å². The first-order valence-electron chi connectivity index (χ1n) is 12.9. The van der Waals surface area contributed by atoms with E-state index in [1.165, 1.54) is 6.07 Å². The van der Waals surface area contributed by atoms with E-state index in [2.05, 4.69) is 5.32 Å². The average molecular weight is 509 g/mol. The van der Waals surface area contributed by atoms with Gasteiger partial charge in [-0.3, -0.25) is 0 Å². The molecule has 0 unspecified atom stereocenters. The van der Waals surface area contributed by atoms with Gasteiger partial charge in [-0.15, -0.1) is 0 Å². The van der Waals surface area contributed by atoms with Gasteiger partial charge in [-0.05, 0) is 63.8 Å². The second kappa shape index (κ2) is 11.3.